The quantitative estimate of drug-likeness (QED) is 0.725. The Balaban J connectivity index is 2.27. The molecule has 0 amide bonds. The van der Waals surface area contributed by atoms with E-state index in [-0.39, 0.29) is 12.0 Å². The summed E-state index contributed by atoms with van der Waals surface area (Å²) in [5, 5.41) is 20.4. The van der Waals surface area contributed by atoms with E-state index in [0.717, 1.165) is 5.56 Å². The second-order valence-electron chi connectivity index (χ2n) is 7.05. The molecule has 26 heavy (non-hydrogen) atoms. The fourth-order valence-electron chi connectivity index (χ4n) is 3.11. The smallest absolute Gasteiger partial charge is 0.117 e. The summed E-state index contributed by atoms with van der Waals surface area (Å²) in [6.45, 7) is 6.26. The number of nitriles is 1. The molecule has 0 aliphatic carbocycles. The zero-order valence-electron chi connectivity index (χ0n) is 16.0. The Bertz CT molecular complexity index is 747. The van der Waals surface area contributed by atoms with Crippen LogP contribution in [0.5, 0.6) is 0 Å². The van der Waals surface area contributed by atoms with Crippen LogP contribution in [0.2, 0.25) is 0 Å². The van der Waals surface area contributed by atoms with Gasteiger partial charge in [-0.2, -0.15) is 5.26 Å². The summed E-state index contributed by atoms with van der Waals surface area (Å²) in [7, 11) is 1.87. The minimum Gasteiger partial charge on any atom is -0.386 e. The largest absolute Gasteiger partial charge is 0.386 e. The lowest BCUT2D eigenvalue weighted by Crippen LogP contribution is -2.33. The van der Waals surface area contributed by atoms with Crippen LogP contribution in [0.1, 0.15) is 43.9 Å². The van der Waals surface area contributed by atoms with Gasteiger partial charge in [-0.25, -0.2) is 0 Å². The summed E-state index contributed by atoms with van der Waals surface area (Å²) in [5.41, 5.74) is 2.63. The minimum absolute atomic E-state index is 0.148. The Morgan fingerprint density at radius 3 is 1.92 bits per heavy atom. The summed E-state index contributed by atoms with van der Waals surface area (Å²) >= 11 is 0. The molecule has 2 aromatic carbocycles. The number of aliphatic hydroxyl groups excluding tert-OH is 1. The summed E-state index contributed by atoms with van der Waals surface area (Å²) < 4.78 is 0. The van der Waals surface area contributed by atoms with Gasteiger partial charge in [0.2, 0.25) is 0 Å². The molecular formula is C23H28N2O. The zero-order chi connectivity index (χ0) is 19.1. The van der Waals surface area contributed by atoms with Crippen molar-refractivity contribution in [2.75, 3.05) is 7.05 Å². The van der Waals surface area contributed by atoms with E-state index in [0.29, 0.717) is 11.6 Å². The summed E-state index contributed by atoms with van der Waals surface area (Å²) in [6, 6.07) is 21.9. The minimum atomic E-state index is -0.660. The van der Waals surface area contributed by atoms with E-state index in [1.165, 1.54) is 5.56 Å². The van der Waals surface area contributed by atoms with Crippen LogP contribution < -0.4 is 0 Å². The predicted octanol–water partition coefficient (Wildman–Crippen LogP) is 4.89. The fraction of sp³-hybridized carbons (Fsp3) is 0.348. The third-order valence-corrected chi connectivity index (χ3v) is 4.94. The monoisotopic (exact) mass is 348 g/mol. The number of nitrogens with zero attached hydrogens (tertiary/aromatic N) is 2. The normalized spacial score (nSPS) is 15.2. The van der Waals surface area contributed by atoms with E-state index in [9.17, 15) is 10.4 Å². The van der Waals surface area contributed by atoms with Gasteiger partial charge in [0.1, 0.15) is 11.8 Å². The molecule has 136 valence electrons. The third kappa shape index (κ3) is 4.74. The van der Waals surface area contributed by atoms with Gasteiger partial charge in [0.05, 0.1) is 12.1 Å². The highest BCUT2D eigenvalue weighted by Crippen LogP contribution is 2.29. The molecule has 0 aliphatic heterocycles. The van der Waals surface area contributed by atoms with E-state index in [1.54, 1.807) is 0 Å². The Morgan fingerprint density at radius 2 is 1.46 bits per heavy atom. The molecule has 0 unspecified atom stereocenters. The molecule has 2 rings (SSSR count). The lowest BCUT2D eigenvalue weighted by Gasteiger charge is -2.31. The van der Waals surface area contributed by atoms with Crippen molar-refractivity contribution in [1.82, 2.24) is 4.90 Å². The highest BCUT2D eigenvalue weighted by molar-refractivity contribution is 5.31. The van der Waals surface area contributed by atoms with Crippen molar-refractivity contribution in [3.63, 3.8) is 0 Å². The number of allylic oxidation sites excluding steroid dienone is 2. The standard InChI is InChI=1S/C23H28N2O/c1-17(2)22(19-11-7-5-8-12-19)15-21(16-24)25(4)18(3)23(26)20-13-9-6-10-14-20/h5-15,17-18,22-23,26H,1-4H3/b21-15+/t18-,22-,23-/m0/s1. The van der Waals surface area contributed by atoms with Crippen molar-refractivity contribution in [1.29, 1.82) is 5.26 Å². The van der Waals surface area contributed by atoms with Gasteiger partial charge in [0.15, 0.2) is 0 Å². The van der Waals surface area contributed by atoms with Gasteiger partial charge in [0.25, 0.3) is 0 Å². The van der Waals surface area contributed by atoms with Crippen LogP contribution >= 0.6 is 0 Å². The van der Waals surface area contributed by atoms with Crippen molar-refractivity contribution in [3.05, 3.63) is 83.6 Å². The molecule has 2 aromatic rings. The molecule has 0 aliphatic rings. The Hall–Kier alpha value is -2.57. The van der Waals surface area contributed by atoms with Gasteiger partial charge >= 0.3 is 0 Å². The molecular weight excluding hydrogens is 320 g/mol. The number of hydrogen-bond donors (Lipinski definition) is 1. The van der Waals surface area contributed by atoms with Crippen molar-refractivity contribution >= 4 is 0 Å². The number of rotatable bonds is 7. The molecule has 0 saturated heterocycles. The van der Waals surface area contributed by atoms with Gasteiger partial charge in [-0.05, 0) is 30.0 Å². The molecule has 1 N–H and O–H groups in total. The molecule has 0 radical (unpaired) electrons. The van der Waals surface area contributed by atoms with Gasteiger partial charge in [-0.3, -0.25) is 0 Å². The average Bonchev–Trinajstić information content (AvgIpc) is 2.68. The van der Waals surface area contributed by atoms with Crippen LogP contribution in [0, 0.1) is 17.2 Å². The maximum absolute atomic E-state index is 10.7. The molecule has 0 heterocycles. The van der Waals surface area contributed by atoms with Crippen LogP contribution in [0.4, 0.5) is 0 Å². The maximum atomic E-state index is 10.7. The SMILES string of the molecule is CC(C)[C@H](/C=C(\C#N)N(C)[C@@H](C)[C@H](O)c1ccccc1)c1ccccc1. The average molecular weight is 348 g/mol. The van der Waals surface area contributed by atoms with Crippen LogP contribution in [0.25, 0.3) is 0 Å². The van der Waals surface area contributed by atoms with Crippen LogP contribution in [-0.4, -0.2) is 23.1 Å². The van der Waals surface area contributed by atoms with Crippen molar-refractivity contribution in [3.8, 4) is 6.07 Å². The highest BCUT2D eigenvalue weighted by atomic mass is 16.3. The molecule has 3 heteroatoms. The second-order valence-corrected chi connectivity index (χ2v) is 7.05. The summed E-state index contributed by atoms with van der Waals surface area (Å²) in [6.07, 6.45) is 1.36. The van der Waals surface area contributed by atoms with Crippen molar-refractivity contribution in [2.24, 2.45) is 5.92 Å². The van der Waals surface area contributed by atoms with E-state index < -0.39 is 6.10 Å². The molecule has 0 bridgehead atoms. The molecule has 3 atom stereocenters. The Morgan fingerprint density at radius 1 is 0.962 bits per heavy atom. The molecule has 3 nitrogen and oxygen atoms in total. The number of hydrogen-bond acceptors (Lipinski definition) is 3. The molecule has 0 fully saturated rings. The van der Waals surface area contributed by atoms with E-state index >= 15 is 0 Å². The first-order valence-corrected chi connectivity index (χ1v) is 9.08. The van der Waals surface area contributed by atoms with Crippen molar-refractivity contribution < 1.29 is 5.11 Å². The lowest BCUT2D eigenvalue weighted by atomic mass is 9.87. The first-order chi connectivity index (χ1) is 12.5. The van der Waals surface area contributed by atoms with Gasteiger partial charge < -0.3 is 10.0 Å². The van der Waals surface area contributed by atoms with Crippen LogP contribution in [0.15, 0.2) is 72.4 Å². The molecule has 0 spiro atoms. The fourth-order valence-corrected chi connectivity index (χ4v) is 3.11. The molecule has 0 saturated carbocycles. The first-order valence-electron chi connectivity index (χ1n) is 9.08. The topological polar surface area (TPSA) is 47.3 Å². The van der Waals surface area contributed by atoms with Crippen molar-refractivity contribution in [2.45, 2.75) is 38.8 Å². The van der Waals surface area contributed by atoms with Gasteiger partial charge in [-0.1, -0.05) is 74.5 Å². The zero-order valence-corrected chi connectivity index (χ0v) is 16.0. The summed E-state index contributed by atoms with van der Waals surface area (Å²) in [5.74, 6) is 0.512. The van der Waals surface area contributed by atoms with Gasteiger partial charge in [0, 0.05) is 13.0 Å². The van der Waals surface area contributed by atoms with Crippen LogP contribution in [0.3, 0.4) is 0 Å². The number of likely N-dealkylation sites (N-methyl/N-ethyl adjacent to an activating group) is 1. The van der Waals surface area contributed by atoms with Gasteiger partial charge in [-0.15, -0.1) is 0 Å². The van der Waals surface area contributed by atoms with E-state index in [4.69, 9.17) is 0 Å². The maximum Gasteiger partial charge on any atom is 0.117 e. The second kappa shape index (κ2) is 9.22. The number of aliphatic hydroxyl groups is 1. The summed E-state index contributed by atoms with van der Waals surface area (Å²) in [4.78, 5) is 1.87. The van der Waals surface area contributed by atoms with E-state index in [2.05, 4.69) is 32.0 Å². The first kappa shape index (κ1) is 19.8. The highest BCUT2D eigenvalue weighted by Gasteiger charge is 2.23. The Labute approximate surface area is 157 Å². The van der Waals surface area contributed by atoms with Crippen LogP contribution in [-0.2, 0) is 0 Å². The number of benzene rings is 2. The Kier molecular flexibility index (Phi) is 7.00. The van der Waals surface area contributed by atoms with E-state index in [1.807, 2.05) is 73.5 Å². The molecule has 0 aromatic heterocycles. The third-order valence-electron chi connectivity index (χ3n) is 4.94. The predicted molar refractivity (Wildman–Crippen MR) is 106 cm³/mol. The lowest BCUT2D eigenvalue weighted by molar-refractivity contribution is 0.0910.